The highest BCUT2D eigenvalue weighted by Crippen LogP contribution is 2.30. The molecule has 23 heavy (non-hydrogen) atoms. The molecule has 0 N–H and O–H groups in total. The van der Waals surface area contributed by atoms with E-state index in [-0.39, 0.29) is 10.0 Å². The van der Waals surface area contributed by atoms with Crippen LogP contribution in [0.3, 0.4) is 0 Å². The molecule has 0 atom stereocenters. The van der Waals surface area contributed by atoms with Crippen molar-refractivity contribution in [1.82, 2.24) is 14.1 Å². The summed E-state index contributed by atoms with van der Waals surface area (Å²) < 4.78 is 28.5. The molecule has 7 heteroatoms. The average Bonchev–Trinajstić information content (AvgIpc) is 2.81. The van der Waals surface area contributed by atoms with Gasteiger partial charge in [-0.15, -0.1) is 0 Å². The number of benzene rings is 1. The maximum atomic E-state index is 12.8. The summed E-state index contributed by atoms with van der Waals surface area (Å²) in [6.07, 6.45) is 2.65. The number of aryl methyl sites for hydroxylation is 2. The second-order valence-electron chi connectivity index (χ2n) is 5.54. The Balaban J connectivity index is 1.88. The zero-order valence-corrected chi connectivity index (χ0v) is 14.6. The molecule has 0 fully saturated rings. The molecule has 2 aromatic rings. The maximum Gasteiger partial charge on any atom is 0.248 e. The van der Waals surface area contributed by atoms with Crippen LogP contribution >= 0.6 is 11.6 Å². The molecule has 5 nitrogen and oxygen atoms in total. The third-order valence-electron chi connectivity index (χ3n) is 4.01. The predicted octanol–water partition coefficient (Wildman–Crippen LogP) is 2.86. The van der Waals surface area contributed by atoms with E-state index in [4.69, 9.17) is 11.6 Å². The Bertz CT molecular complexity index is 857. The summed E-state index contributed by atoms with van der Waals surface area (Å²) in [5, 5.41) is 4.25. The lowest BCUT2D eigenvalue weighted by atomic mass is 10.0. The van der Waals surface area contributed by atoms with Crippen LogP contribution in [-0.2, 0) is 17.1 Å². The number of halogens is 1. The standard InChI is InChI=1S/C16H18ClN3O2S/c1-12-15(16(17)19(2)18-12)23(21,22)20-10-8-14(9-11-20)13-6-4-3-5-7-13/h3-8H,9-11H2,1-2H3. The minimum atomic E-state index is -3.63. The molecule has 3 rings (SSSR count). The smallest absolute Gasteiger partial charge is 0.248 e. The van der Waals surface area contributed by atoms with Gasteiger partial charge in [0, 0.05) is 20.1 Å². The van der Waals surface area contributed by atoms with Gasteiger partial charge >= 0.3 is 0 Å². The summed E-state index contributed by atoms with van der Waals surface area (Å²) in [7, 11) is -2.00. The lowest BCUT2D eigenvalue weighted by molar-refractivity contribution is 0.441. The molecule has 1 aliphatic heterocycles. The van der Waals surface area contributed by atoms with Gasteiger partial charge in [-0.2, -0.15) is 9.40 Å². The number of nitrogens with zero attached hydrogens (tertiary/aromatic N) is 3. The van der Waals surface area contributed by atoms with Gasteiger partial charge in [0.25, 0.3) is 0 Å². The predicted molar refractivity (Wildman–Crippen MR) is 90.7 cm³/mol. The van der Waals surface area contributed by atoms with Crippen LogP contribution in [0, 0.1) is 6.92 Å². The zero-order valence-electron chi connectivity index (χ0n) is 13.0. The van der Waals surface area contributed by atoms with Crippen molar-refractivity contribution in [1.29, 1.82) is 0 Å². The SMILES string of the molecule is Cc1nn(C)c(Cl)c1S(=O)(=O)N1CC=C(c2ccccc2)CC1. The molecule has 2 heterocycles. The monoisotopic (exact) mass is 351 g/mol. The van der Waals surface area contributed by atoms with Crippen LogP contribution in [0.25, 0.3) is 5.57 Å². The van der Waals surface area contributed by atoms with Crippen molar-refractivity contribution in [2.75, 3.05) is 13.1 Å². The molecule has 0 spiro atoms. The molecular weight excluding hydrogens is 334 g/mol. The average molecular weight is 352 g/mol. The van der Waals surface area contributed by atoms with Gasteiger partial charge in [-0.3, -0.25) is 4.68 Å². The van der Waals surface area contributed by atoms with Gasteiger partial charge in [0.15, 0.2) is 0 Å². The highest BCUT2D eigenvalue weighted by Gasteiger charge is 2.32. The first-order valence-electron chi connectivity index (χ1n) is 7.35. The summed E-state index contributed by atoms with van der Waals surface area (Å²) in [6, 6.07) is 10.0. The first-order chi connectivity index (χ1) is 10.9. The van der Waals surface area contributed by atoms with E-state index in [0.29, 0.717) is 25.2 Å². The summed E-state index contributed by atoms with van der Waals surface area (Å²) >= 11 is 6.12. The van der Waals surface area contributed by atoms with Gasteiger partial charge in [0.1, 0.15) is 10.0 Å². The molecule has 0 amide bonds. The van der Waals surface area contributed by atoms with Gasteiger partial charge in [0.2, 0.25) is 10.0 Å². The topological polar surface area (TPSA) is 55.2 Å². The number of hydrogen-bond acceptors (Lipinski definition) is 3. The summed E-state index contributed by atoms with van der Waals surface area (Å²) in [6.45, 7) is 2.44. The molecule has 0 saturated heterocycles. The minimum absolute atomic E-state index is 0.109. The lowest BCUT2D eigenvalue weighted by Gasteiger charge is -2.26. The molecule has 1 aromatic carbocycles. The third kappa shape index (κ3) is 2.94. The van der Waals surface area contributed by atoms with Crippen molar-refractivity contribution in [2.24, 2.45) is 7.05 Å². The number of hydrogen-bond donors (Lipinski definition) is 0. The Hall–Kier alpha value is -1.63. The van der Waals surface area contributed by atoms with Crippen LogP contribution in [0.4, 0.5) is 0 Å². The molecule has 0 saturated carbocycles. The van der Waals surface area contributed by atoms with Gasteiger partial charge in [0.05, 0.1) is 5.69 Å². The van der Waals surface area contributed by atoms with Crippen molar-refractivity contribution >= 4 is 27.2 Å². The van der Waals surface area contributed by atoms with Gasteiger partial charge < -0.3 is 0 Å². The van der Waals surface area contributed by atoms with Gasteiger partial charge in [-0.25, -0.2) is 8.42 Å². The second-order valence-corrected chi connectivity index (χ2v) is 7.77. The highest BCUT2D eigenvalue weighted by molar-refractivity contribution is 7.89. The van der Waals surface area contributed by atoms with Crippen LogP contribution in [0.5, 0.6) is 0 Å². The van der Waals surface area contributed by atoms with E-state index in [1.807, 2.05) is 36.4 Å². The Kier molecular flexibility index (Phi) is 4.31. The first-order valence-corrected chi connectivity index (χ1v) is 9.17. The quantitative estimate of drug-likeness (QED) is 0.854. The molecule has 1 aliphatic rings. The summed E-state index contributed by atoms with van der Waals surface area (Å²) in [5.74, 6) is 0. The maximum absolute atomic E-state index is 12.8. The van der Waals surface area contributed by atoms with Gasteiger partial charge in [-0.1, -0.05) is 48.0 Å². The number of sulfonamides is 1. The molecule has 0 aliphatic carbocycles. The van der Waals surface area contributed by atoms with E-state index < -0.39 is 10.0 Å². The first kappa shape index (κ1) is 16.2. The van der Waals surface area contributed by atoms with E-state index in [2.05, 4.69) is 5.10 Å². The molecule has 1 aromatic heterocycles. The summed E-state index contributed by atoms with van der Waals surface area (Å²) in [4.78, 5) is 0.109. The number of rotatable bonds is 3. The third-order valence-corrected chi connectivity index (χ3v) is 6.58. The molecule has 0 unspecified atom stereocenters. The molecular formula is C16H18ClN3O2S. The van der Waals surface area contributed by atoms with Crippen LogP contribution in [-0.4, -0.2) is 35.6 Å². The van der Waals surface area contributed by atoms with Crippen molar-refractivity contribution in [3.8, 4) is 0 Å². The fourth-order valence-electron chi connectivity index (χ4n) is 2.82. The Labute approximate surface area is 141 Å². The second kappa shape index (κ2) is 6.11. The van der Waals surface area contributed by atoms with E-state index in [9.17, 15) is 8.42 Å². The lowest BCUT2D eigenvalue weighted by Crippen LogP contribution is -2.35. The van der Waals surface area contributed by atoms with E-state index in [1.54, 1.807) is 14.0 Å². The van der Waals surface area contributed by atoms with Crippen LogP contribution in [0.2, 0.25) is 5.15 Å². The van der Waals surface area contributed by atoms with Crippen molar-refractivity contribution in [3.63, 3.8) is 0 Å². The van der Waals surface area contributed by atoms with Crippen molar-refractivity contribution in [2.45, 2.75) is 18.2 Å². The summed E-state index contributed by atoms with van der Waals surface area (Å²) in [5.41, 5.74) is 2.74. The fourth-order valence-corrected chi connectivity index (χ4v) is 4.90. The fraction of sp³-hybridized carbons (Fsp3) is 0.312. The van der Waals surface area contributed by atoms with Crippen LogP contribution in [0.1, 0.15) is 17.7 Å². The normalized spacial score (nSPS) is 16.4. The van der Waals surface area contributed by atoms with E-state index in [1.165, 1.54) is 14.6 Å². The molecule has 0 bridgehead atoms. The largest absolute Gasteiger partial charge is 0.255 e. The van der Waals surface area contributed by atoms with E-state index in [0.717, 1.165) is 5.56 Å². The van der Waals surface area contributed by atoms with Crippen LogP contribution < -0.4 is 0 Å². The van der Waals surface area contributed by atoms with E-state index >= 15 is 0 Å². The molecule has 122 valence electrons. The number of aromatic nitrogens is 2. The minimum Gasteiger partial charge on any atom is -0.255 e. The van der Waals surface area contributed by atoms with Crippen molar-refractivity contribution in [3.05, 3.63) is 52.8 Å². The van der Waals surface area contributed by atoms with Gasteiger partial charge in [-0.05, 0) is 24.5 Å². The molecule has 0 radical (unpaired) electrons. The Morgan fingerprint density at radius 3 is 2.43 bits per heavy atom. The van der Waals surface area contributed by atoms with Crippen molar-refractivity contribution < 1.29 is 8.42 Å². The Morgan fingerprint density at radius 1 is 1.22 bits per heavy atom. The van der Waals surface area contributed by atoms with Crippen LogP contribution in [0.15, 0.2) is 41.3 Å². The zero-order chi connectivity index (χ0) is 16.6. The Morgan fingerprint density at radius 2 is 1.91 bits per heavy atom. The highest BCUT2D eigenvalue weighted by atomic mass is 35.5.